The van der Waals surface area contributed by atoms with Gasteiger partial charge in [0.25, 0.3) is 0 Å². The fourth-order valence-corrected chi connectivity index (χ4v) is 2.84. The van der Waals surface area contributed by atoms with Gasteiger partial charge in [0.15, 0.2) is 12.6 Å². The number of nitrogens with one attached hydrogen (secondary N) is 2. The molecule has 0 radical (unpaired) electrons. The summed E-state index contributed by atoms with van der Waals surface area (Å²) in [4.78, 5) is 4.15. The van der Waals surface area contributed by atoms with Crippen LogP contribution in [-0.2, 0) is 13.1 Å². The molecule has 0 saturated heterocycles. The Hall–Kier alpha value is -1.98. The number of aliphatic imine (C=N–C) groups is 1. The second kappa shape index (κ2) is 12.0. The molecule has 6 nitrogen and oxygen atoms in total. The Morgan fingerprint density at radius 2 is 1.90 bits per heavy atom. The Morgan fingerprint density at radius 1 is 1.17 bits per heavy atom. The first kappa shape index (κ1) is 26.1. The van der Waals surface area contributed by atoms with E-state index in [1.54, 1.807) is 26.1 Å². The van der Waals surface area contributed by atoms with Gasteiger partial charge in [-0.2, -0.15) is 18.3 Å². The Bertz CT molecular complexity index is 836. The molecule has 0 aliphatic rings. The fraction of sp³-hybridized carbons (Fsp3) is 0.500. The van der Waals surface area contributed by atoms with Gasteiger partial charge in [0.2, 0.25) is 0 Å². The number of ether oxygens (including phenoxy) is 1. The molecular formula is C20H29F3IN5O. The second-order valence-corrected chi connectivity index (χ2v) is 6.87. The Kier molecular flexibility index (Phi) is 10.4. The molecule has 1 aromatic carbocycles. The average molecular weight is 539 g/mol. The highest BCUT2D eigenvalue weighted by Gasteiger charge is 2.28. The van der Waals surface area contributed by atoms with Crippen LogP contribution in [0.2, 0.25) is 0 Å². The lowest BCUT2D eigenvalue weighted by Crippen LogP contribution is -2.37. The summed E-state index contributed by atoms with van der Waals surface area (Å²) >= 11 is 0. The number of guanidine groups is 1. The molecule has 2 aromatic rings. The molecule has 0 aliphatic carbocycles. The molecule has 1 aromatic heterocycles. The second-order valence-electron chi connectivity index (χ2n) is 6.87. The summed E-state index contributed by atoms with van der Waals surface area (Å²) in [6.07, 6.45) is -3.52. The predicted octanol–water partition coefficient (Wildman–Crippen LogP) is 4.12. The van der Waals surface area contributed by atoms with Crippen LogP contribution in [0.3, 0.4) is 0 Å². The number of nitrogens with zero attached hydrogens (tertiary/aromatic N) is 3. The summed E-state index contributed by atoms with van der Waals surface area (Å²) in [5.41, 5.74) is 3.58. The van der Waals surface area contributed by atoms with Crippen molar-refractivity contribution >= 4 is 29.9 Å². The number of halogens is 4. The molecular weight excluding hydrogens is 510 g/mol. The van der Waals surface area contributed by atoms with Gasteiger partial charge in [-0.1, -0.05) is 12.1 Å². The molecule has 168 valence electrons. The third kappa shape index (κ3) is 8.80. The van der Waals surface area contributed by atoms with Gasteiger partial charge in [-0.15, -0.1) is 24.0 Å². The van der Waals surface area contributed by atoms with E-state index >= 15 is 0 Å². The van der Waals surface area contributed by atoms with E-state index in [0.717, 1.165) is 29.9 Å². The minimum absolute atomic E-state index is 0. The number of hydrogen-bond acceptors (Lipinski definition) is 3. The zero-order valence-electron chi connectivity index (χ0n) is 17.6. The van der Waals surface area contributed by atoms with Crippen LogP contribution in [0.5, 0.6) is 5.75 Å². The van der Waals surface area contributed by atoms with Crippen LogP contribution in [0.25, 0.3) is 0 Å². The van der Waals surface area contributed by atoms with Crippen LogP contribution in [0.4, 0.5) is 13.2 Å². The van der Waals surface area contributed by atoms with Crippen LogP contribution in [-0.4, -0.2) is 42.1 Å². The third-order valence-electron chi connectivity index (χ3n) is 4.23. The standard InChI is InChI=1S/C20H28F3N5O.HI/c1-14-6-7-17(18(10-14)29-13-20(21,22)23)12-26-19(24-4)25-8-5-9-28-16(3)11-15(2)27-28;/h6-7,10-11H,5,8-9,12-13H2,1-4H3,(H2,24,25,26);1H. The van der Waals surface area contributed by atoms with Crippen molar-refractivity contribution < 1.29 is 17.9 Å². The molecule has 0 bridgehead atoms. The highest BCUT2D eigenvalue weighted by atomic mass is 127. The molecule has 2 rings (SSSR count). The van der Waals surface area contributed by atoms with Crippen LogP contribution >= 0.6 is 24.0 Å². The number of hydrogen-bond donors (Lipinski definition) is 2. The third-order valence-corrected chi connectivity index (χ3v) is 4.23. The van der Waals surface area contributed by atoms with Crippen molar-refractivity contribution in [2.45, 2.75) is 46.5 Å². The zero-order valence-corrected chi connectivity index (χ0v) is 20.0. The Morgan fingerprint density at radius 3 is 2.50 bits per heavy atom. The lowest BCUT2D eigenvalue weighted by Gasteiger charge is -2.16. The minimum Gasteiger partial charge on any atom is -0.484 e. The van der Waals surface area contributed by atoms with Crippen molar-refractivity contribution in [3.63, 3.8) is 0 Å². The normalized spacial score (nSPS) is 11.8. The molecule has 10 heteroatoms. The quantitative estimate of drug-likeness (QED) is 0.229. The van der Waals surface area contributed by atoms with Gasteiger partial charge in [-0.05, 0) is 44.9 Å². The molecule has 0 fully saturated rings. The topological polar surface area (TPSA) is 63.5 Å². The van der Waals surface area contributed by atoms with Gasteiger partial charge in [0, 0.05) is 37.9 Å². The van der Waals surface area contributed by atoms with Gasteiger partial charge in [0.1, 0.15) is 5.75 Å². The maximum absolute atomic E-state index is 12.5. The molecule has 0 atom stereocenters. The lowest BCUT2D eigenvalue weighted by molar-refractivity contribution is -0.153. The number of alkyl halides is 3. The van der Waals surface area contributed by atoms with Gasteiger partial charge in [-0.25, -0.2) is 0 Å². The zero-order chi connectivity index (χ0) is 21.4. The average Bonchev–Trinajstić information content (AvgIpc) is 2.97. The molecule has 0 amide bonds. The Labute approximate surface area is 192 Å². The molecule has 0 aliphatic heterocycles. The first-order chi connectivity index (χ1) is 13.7. The van der Waals surface area contributed by atoms with E-state index in [1.807, 2.05) is 30.7 Å². The maximum atomic E-state index is 12.5. The molecule has 0 unspecified atom stereocenters. The SMILES string of the molecule is CN=C(NCCCn1nc(C)cc1C)NCc1ccc(C)cc1OCC(F)(F)F.I. The Balaban J connectivity index is 0.00000450. The number of rotatable bonds is 8. The smallest absolute Gasteiger partial charge is 0.422 e. The van der Waals surface area contributed by atoms with Crippen molar-refractivity contribution in [3.05, 3.63) is 46.8 Å². The van der Waals surface area contributed by atoms with E-state index in [4.69, 9.17) is 4.74 Å². The first-order valence-corrected chi connectivity index (χ1v) is 9.42. The van der Waals surface area contributed by atoms with Crippen molar-refractivity contribution in [1.82, 2.24) is 20.4 Å². The van der Waals surface area contributed by atoms with E-state index in [9.17, 15) is 13.2 Å². The van der Waals surface area contributed by atoms with Crippen LogP contribution < -0.4 is 15.4 Å². The summed E-state index contributed by atoms with van der Waals surface area (Å²) < 4.78 is 44.4. The highest BCUT2D eigenvalue weighted by molar-refractivity contribution is 14.0. The molecule has 0 saturated carbocycles. The van der Waals surface area contributed by atoms with Crippen LogP contribution in [0.1, 0.15) is 28.9 Å². The number of aromatic nitrogens is 2. The molecule has 30 heavy (non-hydrogen) atoms. The van der Waals surface area contributed by atoms with Gasteiger partial charge < -0.3 is 15.4 Å². The summed E-state index contributed by atoms with van der Waals surface area (Å²) in [5, 5.41) is 10.7. The van der Waals surface area contributed by atoms with Crippen LogP contribution in [0.15, 0.2) is 29.3 Å². The van der Waals surface area contributed by atoms with E-state index in [-0.39, 0.29) is 29.7 Å². The van der Waals surface area contributed by atoms with E-state index in [2.05, 4.69) is 20.7 Å². The van der Waals surface area contributed by atoms with Gasteiger partial charge in [-0.3, -0.25) is 9.67 Å². The van der Waals surface area contributed by atoms with Crippen molar-refractivity contribution in [3.8, 4) is 5.75 Å². The molecule has 0 spiro atoms. The number of aryl methyl sites for hydroxylation is 4. The van der Waals surface area contributed by atoms with Crippen LogP contribution in [0, 0.1) is 20.8 Å². The number of benzene rings is 1. The van der Waals surface area contributed by atoms with E-state index in [0.29, 0.717) is 24.6 Å². The monoisotopic (exact) mass is 539 g/mol. The summed E-state index contributed by atoms with van der Waals surface area (Å²) in [6.45, 7) is 6.24. The lowest BCUT2D eigenvalue weighted by atomic mass is 10.1. The minimum atomic E-state index is -4.38. The molecule has 1 heterocycles. The maximum Gasteiger partial charge on any atom is 0.422 e. The predicted molar refractivity (Wildman–Crippen MR) is 123 cm³/mol. The summed E-state index contributed by atoms with van der Waals surface area (Å²) in [5.74, 6) is 0.788. The van der Waals surface area contributed by atoms with Crippen molar-refractivity contribution in [2.75, 3.05) is 20.2 Å². The van der Waals surface area contributed by atoms with E-state index in [1.165, 1.54) is 0 Å². The highest BCUT2D eigenvalue weighted by Crippen LogP contribution is 2.23. The van der Waals surface area contributed by atoms with Gasteiger partial charge in [0.05, 0.1) is 5.69 Å². The van der Waals surface area contributed by atoms with Crippen molar-refractivity contribution in [2.24, 2.45) is 4.99 Å². The summed E-state index contributed by atoms with van der Waals surface area (Å²) in [6, 6.07) is 7.23. The fourth-order valence-electron chi connectivity index (χ4n) is 2.84. The first-order valence-electron chi connectivity index (χ1n) is 9.42. The largest absolute Gasteiger partial charge is 0.484 e. The van der Waals surface area contributed by atoms with E-state index < -0.39 is 12.8 Å². The van der Waals surface area contributed by atoms with Crippen molar-refractivity contribution in [1.29, 1.82) is 0 Å². The summed E-state index contributed by atoms with van der Waals surface area (Å²) in [7, 11) is 1.65. The molecule has 2 N–H and O–H groups in total. The van der Waals surface area contributed by atoms with Gasteiger partial charge >= 0.3 is 6.18 Å².